The van der Waals surface area contributed by atoms with Crippen molar-refractivity contribution in [1.82, 2.24) is 5.32 Å². The van der Waals surface area contributed by atoms with Gasteiger partial charge in [0.15, 0.2) is 11.6 Å². The Kier molecular flexibility index (Phi) is 6.81. The van der Waals surface area contributed by atoms with Gasteiger partial charge in [0.25, 0.3) is 0 Å². The van der Waals surface area contributed by atoms with Crippen molar-refractivity contribution in [2.24, 2.45) is 0 Å². The number of ether oxygens (including phenoxy) is 1. The van der Waals surface area contributed by atoms with Gasteiger partial charge in [-0.1, -0.05) is 19.8 Å². The van der Waals surface area contributed by atoms with Crippen molar-refractivity contribution in [2.75, 3.05) is 6.54 Å². The highest BCUT2D eigenvalue weighted by molar-refractivity contribution is 5.95. The fourth-order valence-corrected chi connectivity index (χ4v) is 1.59. The van der Waals surface area contributed by atoms with Crippen molar-refractivity contribution in [3.05, 3.63) is 29.3 Å². The average Bonchev–Trinajstić information content (AvgIpc) is 2.46. The second-order valence-corrected chi connectivity index (χ2v) is 4.51. The maximum atomic E-state index is 13.3. The molecule has 0 aliphatic rings. The molecule has 0 aliphatic heterocycles. The molecule has 1 N–H and O–H groups in total. The molecular formula is C14H15F4NO3. The predicted octanol–water partition coefficient (Wildman–Crippen LogP) is 2.84. The Hall–Kier alpha value is -2.12. The van der Waals surface area contributed by atoms with Crippen LogP contribution in [0.2, 0.25) is 0 Å². The van der Waals surface area contributed by atoms with E-state index in [1.54, 1.807) is 0 Å². The minimum Gasteiger partial charge on any atom is -0.420 e. The van der Waals surface area contributed by atoms with Crippen LogP contribution in [0.3, 0.4) is 0 Å². The third-order valence-corrected chi connectivity index (χ3v) is 2.69. The van der Waals surface area contributed by atoms with Crippen LogP contribution in [-0.4, -0.2) is 18.4 Å². The Morgan fingerprint density at radius 3 is 2.23 bits per heavy atom. The van der Waals surface area contributed by atoms with Crippen LogP contribution in [0.25, 0.3) is 0 Å². The molecule has 4 nitrogen and oxygen atoms in total. The van der Waals surface area contributed by atoms with Gasteiger partial charge in [0.05, 0.1) is 0 Å². The van der Waals surface area contributed by atoms with Crippen molar-refractivity contribution in [1.29, 1.82) is 0 Å². The summed E-state index contributed by atoms with van der Waals surface area (Å²) in [5, 5.41) is 2.41. The van der Waals surface area contributed by atoms with E-state index in [9.17, 15) is 27.2 Å². The van der Waals surface area contributed by atoms with E-state index in [1.807, 2.05) is 6.92 Å². The number of carbonyl (C=O) groups is 2. The summed E-state index contributed by atoms with van der Waals surface area (Å²) in [6.07, 6.45) is 1.74. The van der Waals surface area contributed by atoms with E-state index < -0.39 is 47.3 Å². The van der Waals surface area contributed by atoms with Gasteiger partial charge in [0.1, 0.15) is 6.42 Å². The normalized spacial score (nSPS) is 10.4. The Bertz CT molecular complexity index is 537. The van der Waals surface area contributed by atoms with E-state index in [4.69, 9.17) is 0 Å². The third kappa shape index (κ3) is 5.01. The van der Waals surface area contributed by atoms with Crippen LogP contribution < -0.4 is 10.1 Å². The molecule has 0 heterocycles. The van der Waals surface area contributed by atoms with Gasteiger partial charge >= 0.3 is 5.97 Å². The number of nitrogens with one attached hydrogen (secondary N) is 1. The molecule has 0 saturated heterocycles. The second kappa shape index (κ2) is 8.35. The molecule has 1 aromatic rings. The minimum atomic E-state index is -1.84. The fraction of sp³-hybridized carbons (Fsp3) is 0.429. The summed E-state index contributed by atoms with van der Waals surface area (Å²) in [5.74, 6) is -10.6. The van der Waals surface area contributed by atoms with E-state index in [0.717, 1.165) is 19.3 Å². The molecule has 122 valence electrons. The Morgan fingerprint density at radius 1 is 1.09 bits per heavy atom. The first kappa shape index (κ1) is 17.9. The van der Waals surface area contributed by atoms with Crippen LogP contribution in [0.5, 0.6) is 5.75 Å². The quantitative estimate of drug-likeness (QED) is 0.210. The van der Waals surface area contributed by atoms with Gasteiger partial charge in [0, 0.05) is 12.6 Å². The van der Waals surface area contributed by atoms with E-state index in [0.29, 0.717) is 6.54 Å². The number of hydrogen-bond donors (Lipinski definition) is 1. The zero-order valence-electron chi connectivity index (χ0n) is 11.8. The molecule has 0 radical (unpaired) electrons. The number of halogens is 4. The lowest BCUT2D eigenvalue weighted by Crippen LogP contribution is -2.28. The number of rotatable bonds is 7. The van der Waals surface area contributed by atoms with Gasteiger partial charge < -0.3 is 10.1 Å². The Labute approximate surface area is 124 Å². The number of hydrogen-bond acceptors (Lipinski definition) is 3. The molecule has 0 unspecified atom stereocenters. The maximum Gasteiger partial charge on any atom is 0.320 e. The van der Waals surface area contributed by atoms with Crippen LogP contribution >= 0.6 is 0 Å². The highest BCUT2D eigenvalue weighted by Gasteiger charge is 2.23. The van der Waals surface area contributed by atoms with Crippen LogP contribution in [0, 0.1) is 23.3 Å². The van der Waals surface area contributed by atoms with Gasteiger partial charge in [-0.3, -0.25) is 9.59 Å². The molecule has 0 bridgehead atoms. The third-order valence-electron chi connectivity index (χ3n) is 2.69. The summed E-state index contributed by atoms with van der Waals surface area (Å²) in [6, 6.07) is -0.0115. The molecule has 0 aromatic heterocycles. The van der Waals surface area contributed by atoms with E-state index >= 15 is 0 Å². The highest BCUT2D eigenvalue weighted by Crippen LogP contribution is 2.26. The standard InChI is InChI=1S/C14H15F4NO3/c1-2-3-4-5-19-10(20)7-11(21)22-14-12(17)8(15)6-9(16)13(14)18/h6H,2-5,7H2,1H3,(H,19,20). The van der Waals surface area contributed by atoms with Gasteiger partial charge in [-0.05, 0) is 6.42 Å². The number of amides is 1. The zero-order chi connectivity index (χ0) is 16.7. The van der Waals surface area contributed by atoms with Gasteiger partial charge in [-0.25, -0.2) is 8.78 Å². The van der Waals surface area contributed by atoms with Gasteiger partial charge in [0.2, 0.25) is 23.3 Å². The number of benzene rings is 1. The van der Waals surface area contributed by atoms with Crippen molar-refractivity contribution in [3.8, 4) is 5.75 Å². The second-order valence-electron chi connectivity index (χ2n) is 4.51. The molecule has 1 amide bonds. The largest absolute Gasteiger partial charge is 0.420 e. The lowest BCUT2D eigenvalue weighted by Gasteiger charge is -2.08. The SMILES string of the molecule is CCCCCNC(=O)CC(=O)Oc1c(F)c(F)cc(F)c1F. The van der Waals surface area contributed by atoms with Crippen LogP contribution in [0.4, 0.5) is 17.6 Å². The first-order valence-electron chi connectivity index (χ1n) is 6.67. The lowest BCUT2D eigenvalue weighted by molar-refractivity contribution is -0.138. The van der Waals surface area contributed by atoms with E-state index in [-0.39, 0.29) is 6.07 Å². The Morgan fingerprint density at radius 2 is 1.68 bits per heavy atom. The highest BCUT2D eigenvalue weighted by atomic mass is 19.2. The summed E-state index contributed by atoms with van der Waals surface area (Å²) in [7, 11) is 0. The van der Waals surface area contributed by atoms with Gasteiger partial charge in [-0.2, -0.15) is 8.78 Å². The fourth-order valence-electron chi connectivity index (χ4n) is 1.59. The number of carbonyl (C=O) groups excluding carboxylic acids is 2. The average molecular weight is 321 g/mol. The summed E-state index contributed by atoms with van der Waals surface area (Å²) >= 11 is 0. The molecule has 0 fully saturated rings. The molecule has 0 atom stereocenters. The predicted molar refractivity (Wildman–Crippen MR) is 69.1 cm³/mol. The smallest absolute Gasteiger partial charge is 0.320 e. The van der Waals surface area contributed by atoms with Crippen LogP contribution in [-0.2, 0) is 9.59 Å². The summed E-state index contributed by atoms with van der Waals surface area (Å²) in [4.78, 5) is 22.7. The van der Waals surface area contributed by atoms with E-state index in [1.165, 1.54) is 0 Å². The maximum absolute atomic E-state index is 13.3. The summed E-state index contributed by atoms with van der Waals surface area (Å²) in [6.45, 7) is 2.32. The van der Waals surface area contributed by atoms with Gasteiger partial charge in [-0.15, -0.1) is 0 Å². The molecule has 0 aliphatic carbocycles. The molecule has 0 saturated carbocycles. The monoisotopic (exact) mass is 321 g/mol. The summed E-state index contributed by atoms with van der Waals surface area (Å²) in [5.41, 5.74) is 0. The molecule has 1 aromatic carbocycles. The molecule has 1 rings (SSSR count). The molecule has 8 heteroatoms. The first-order chi connectivity index (χ1) is 10.4. The molecule has 0 spiro atoms. The topological polar surface area (TPSA) is 55.4 Å². The molecular weight excluding hydrogens is 306 g/mol. The van der Waals surface area contributed by atoms with Crippen molar-refractivity contribution >= 4 is 11.9 Å². The van der Waals surface area contributed by atoms with Crippen molar-refractivity contribution < 1.29 is 31.9 Å². The zero-order valence-corrected chi connectivity index (χ0v) is 11.8. The number of esters is 1. The van der Waals surface area contributed by atoms with E-state index in [2.05, 4.69) is 10.1 Å². The van der Waals surface area contributed by atoms with Crippen LogP contribution in [0.15, 0.2) is 6.07 Å². The number of unbranched alkanes of at least 4 members (excludes halogenated alkanes) is 2. The Balaban J connectivity index is 2.61. The van der Waals surface area contributed by atoms with Crippen LogP contribution in [0.1, 0.15) is 32.6 Å². The van der Waals surface area contributed by atoms with Crippen molar-refractivity contribution in [2.45, 2.75) is 32.6 Å². The summed E-state index contributed by atoms with van der Waals surface area (Å²) < 4.78 is 56.6. The van der Waals surface area contributed by atoms with Crippen molar-refractivity contribution in [3.63, 3.8) is 0 Å². The lowest BCUT2D eigenvalue weighted by atomic mass is 10.2. The molecule has 22 heavy (non-hydrogen) atoms. The first-order valence-corrected chi connectivity index (χ1v) is 6.67. The minimum absolute atomic E-state index is 0.0115.